The van der Waals surface area contributed by atoms with Crippen LogP contribution in [0, 0.1) is 17.2 Å². The molecule has 0 aromatic carbocycles. The van der Waals surface area contributed by atoms with Crippen molar-refractivity contribution in [3.63, 3.8) is 0 Å². The Labute approximate surface area is 743 Å². The SMILES string of the molecule is CC(=O)NC1C(OCCOCCNC(=O)CC[C@H](NC(=O)CC[C@H](NC(=O)C2CCC(OP(OCCC#N)N(C(C)C)C(C)C)CC2)C(=O)NCCOCCOC2OC(COC(C)=O)[C@H](OC(C)=O)C(OC(C)=O)C2NC(C)=O)C(=O)NCCOCCOC2OC(COC(C)=O)[C@H](OC(C)=O)C(OC(C)=O)C2NC(C)=O)OC(COC(C)=O)[C@H](OC(C)=O)C1OC(C)=O. The summed E-state index contributed by atoms with van der Waals surface area (Å²) in [6, 6.07) is -4.57. The van der Waals surface area contributed by atoms with Gasteiger partial charge in [-0.05, 0) is 66.2 Å². The van der Waals surface area contributed by atoms with Gasteiger partial charge in [0.15, 0.2) is 55.5 Å². The van der Waals surface area contributed by atoms with E-state index in [1.54, 1.807) is 0 Å². The first-order chi connectivity index (χ1) is 60.6. The normalized spacial score (nSPS) is 24.4. The van der Waals surface area contributed by atoms with E-state index in [2.05, 4.69) is 53.3 Å². The Hall–Kier alpha value is -9.57. The Morgan fingerprint density at radius 3 is 1.05 bits per heavy atom. The second-order valence-electron chi connectivity index (χ2n) is 30.4. The third-order valence-corrected chi connectivity index (χ3v) is 21.1. The number of nitrogens with zero attached hydrogens (tertiary/aromatic N) is 2. The number of hydrogen-bond acceptors (Lipinski definition) is 39. The molecule has 3 aliphatic heterocycles. The summed E-state index contributed by atoms with van der Waals surface area (Å²) in [4.78, 5) is 218. The van der Waals surface area contributed by atoms with E-state index in [1.807, 2.05) is 27.7 Å². The lowest BCUT2D eigenvalue weighted by Crippen LogP contribution is -2.66. The van der Waals surface area contributed by atoms with Crippen molar-refractivity contribution in [2.24, 2.45) is 5.92 Å². The predicted octanol–water partition coefficient (Wildman–Crippen LogP) is -1.22. The zero-order chi connectivity index (χ0) is 95.3. The molecule has 48 heteroatoms. The van der Waals surface area contributed by atoms with E-state index in [9.17, 15) is 86.8 Å². The average Bonchev–Trinajstić information content (AvgIpc) is 0.794. The minimum Gasteiger partial charge on any atom is -0.463 e. The number of nitriles is 1. The minimum atomic E-state index is -1.62. The quantitative estimate of drug-likeness (QED) is 0.0153. The highest BCUT2D eigenvalue weighted by molar-refractivity contribution is 7.44. The molecule has 3 heterocycles. The summed E-state index contributed by atoms with van der Waals surface area (Å²) in [5.74, 6) is -13.1. The Morgan fingerprint density at radius 2 is 0.727 bits per heavy atom. The molecule has 47 nitrogen and oxygen atoms in total. The van der Waals surface area contributed by atoms with Gasteiger partial charge in [-0.2, -0.15) is 5.26 Å². The molecule has 4 aliphatic rings. The van der Waals surface area contributed by atoms with Crippen LogP contribution in [0.15, 0.2) is 0 Å². The van der Waals surface area contributed by atoms with Gasteiger partial charge in [-0.1, -0.05) is 0 Å². The molecule has 18 atom stereocenters. The van der Waals surface area contributed by atoms with Crippen molar-refractivity contribution >= 4 is 110 Å². The smallest absolute Gasteiger partial charge is 0.303 e. The molecule has 4 fully saturated rings. The summed E-state index contributed by atoms with van der Waals surface area (Å²) >= 11 is 0. The highest BCUT2D eigenvalue weighted by Gasteiger charge is 2.55. The van der Waals surface area contributed by atoms with E-state index in [1.165, 1.54) is 13.8 Å². The van der Waals surface area contributed by atoms with E-state index >= 15 is 0 Å². The summed E-state index contributed by atoms with van der Waals surface area (Å²) < 4.78 is 116. The largest absolute Gasteiger partial charge is 0.463 e. The molecule has 1 aliphatic carbocycles. The topological polar surface area (TPSA) is 598 Å². The summed E-state index contributed by atoms with van der Waals surface area (Å²) in [7, 11) is -1.62. The number of esters is 9. The van der Waals surface area contributed by atoms with Gasteiger partial charge in [0.25, 0.3) is 8.53 Å². The van der Waals surface area contributed by atoms with Crippen LogP contribution < -0.4 is 42.5 Å². The molecule has 1 saturated carbocycles. The number of nitrogens with one attached hydrogen (secondary N) is 8. The van der Waals surface area contributed by atoms with E-state index < -0.39 is 246 Å². The first-order valence-corrected chi connectivity index (χ1v) is 43.2. The maximum absolute atomic E-state index is 14.4. The Bertz CT molecular complexity index is 3680. The molecule has 8 N–H and O–H groups in total. The molecule has 0 aromatic rings. The molecule has 8 amide bonds. The molecule has 724 valence electrons. The Morgan fingerprint density at radius 1 is 0.398 bits per heavy atom. The monoisotopic (exact) mass is 1850 g/mol. The van der Waals surface area contributed by atoms with Crippen molar-refractivity contribution in [2.45, 2.75) is 291 Å². The lowest BCUT2D eigenvalue weighted by atomic mass is 9.86. The minimum absolute atomic E-state index is 0.0165. The maximum atomic E-state index is 14.4. The summed E-state index contributed by atoms with van der Waals surface area (Å²) in [6.45, 7) is 17.7. The standard InChI is InChI=1S/C80H127N10O37P/c1-43(2)90(44(3)4)128(117-30-17-26-81)127-58-20-18-57(19-21-58)75(105)89-60(77(107)84-29-33-110-36-39-113-80-68(87-47(7)93)74(123-56(16)102)71(120-53(13)99)63(126-80)42-116-50(10)96)23-25-65(104)88-59(76(106)83-28-32-109-35-38-112-79-67(86-46(6)92)73(122-55(15)101)70(119-52(12)98)62(125-79)41-115-49(9)95)22-24-64(103)82-27-31-108-34-37-111-78-66(85-45(5)91)72(121-54(14)100)69(118-51(11)97)61(124-78)40-114-48(8)94/h43-44,57-63,66-74,78-80H,17-25,27-42H2,1-16H3,(H,82,103)(H,83,106)(H,84,107)(H,85,91)(H,86,92)(H,87,93)(H,88,104)(H,89,105)/t57?,58?,59-,60-,61?,62?,63?,66?,67?,68?,69-,70-,71-,72?,73?,74?,78?,79?,80?,128?/m0/s1. The van der Waals surface area contributed by atoms with E-state index in [4.69, 9.17) is 94.3 Å². The molecule has 128 heavy (non-hydrogen) atoms. The highest BCUT2D eigenvalue weighted by Crippen LogP contribution is 2.49. The van der Waals surface area contributed by atoms with Gasteiger partial charge >= 0.3 is 53.7 Å². The van der Waals surface area contributed by atoms with Crippen molar-refractivity contribution in [1.82, 2.24) is 47.2 Å². The molecule has 0 spiro atoms. The molecule has 13 unspecified atom stereocenters. The summed E-state index contributed by atoms with van der Waals surface area (Å²) in [5.41, 5.74) is 0. The van der Waals surface area contributed by atoms with E-state index in [0.717, 1.165) is 69.2 Å². The molecule has 0 aromatic heterocycles. The van der Waals surface area contributed by atoms with Crippen LogP contribution in [0.5, 0.6) is 0 Å². The molecule has 3 saturated heterocycles. The van der Waals surface area contributed by atoms with Crippen LogP contribution >= 0.6 is 8.53 Å². The van der Waals surface area contributed by atoms with Gasteiger partial charge in [-0.25, -0.2) is 4.67 Å². The number of ether oxygens (including phenoxy) is 18. The van der Waals surface area contributed by atoms with Gasteiger partial charge in [0.05, 0.1) is 84.7 Å². The van der Waals surface area contributed by atoms with Gasteiger partial charge < -0.3 is 137 Å². The third kappa shape index (κ3) is 41.9. The fourth-order valence-corrected chi connectivity index (χ4v) is 15.6. The number of amides is 8. The van der Waals surface area contributed by atoms with Crippen molar-refractivity contribution in [3.05, 3.63) is 0 Å². The van der Waals surface area contributed by atoms with Crippen LogP contribution in [0.2, 0.25) is 0 Å². The zero-order valence-electron chi connectivity index (χ0n) is 75.2. The van der Waals surface area contributed by atoms with Crippen LogP contribution in [0.1, 0.15) is 169 Å². The van der Waals surface area contributed by atoms with Crippen LogP contribution in [0.4, 0.5) is 0 Å². The zero-order valence-corrected chi connectivity index (χ0v) is 76.1. The average molecular weight is 1850 g/mol. The molecular formula is C80H127N10O37P. The summed E-state index contributed by atoms with van der Waals surface area (Å²) in [5, 5.41) is 30.5. The fraction of sp³-hybridized carbons (Fsp3) is 0.775. The van der Waals surface area contributed by atoms with Gasteiger partial charge in [0, 0.05) is 134 Å². The van der Waals surface area contributed by atoms with Crippen molar-refractivity contribution < 1.29 is 176 Å². The number of carbonyl (C=O) groups excluding carboxylic acids is 17. The third-order valence-electron chi connectivity index (χ3n) is 19.0. The van der Waals surface area contributed by atoms with Gasteiger partial charge in [0.2, 0.25) is 47.3 Å². The predicted molar refractivity (Wildman–Crippen MR) is 436 cm³/mol. The van der Waals surface area contributed by atoms with Crippen molar-refractivity contribution in [1.29, 1.82) is 5.26 Å². The van der Waals surface area contributed by atoms with Crippen LogP contribution in [0.25, 0.3) is 0 Å². The van der Waals surface area contributed by atoms with Gasteiger partial charge in [-0.3, -0.25) is 81.5 Å². The number of carbonyl (C=O) groups is 17. The van der Waals surface area contributed by atoms with Crippen molar-refractivity contribution in [3.8, 4) is 6.07 Å². The van der Waals surface area contributed by atoms with E-state index in [0.29, 0.717) is 25.7 Å². The van der Waals surface area contributed by atoms with E-state index in [-0.39, 0.29) is 130 Å². The van der Waals surface area contributed by atoms with Crippen LogP contribution in [-0.4, -0.2) is 333 Å². The van der Waals surface area contributed by atoms with Crippen LogP contribution in [0.3, 0.4) is 0 Å². The van der Waals surface area contributed by atoms with Gasteiger partial charge in [0.1, 0.15) is 68.3 Å². The Kier molecular flexibility index (Phi) is 50.9. The number of rotatable bonds is 55. The first-order valence-electron chi connectivity index (χ1n) is 42.1. The lowest BCUT2D eigenvalue weighted by Gasteiger charge is -2.44. The number of hydrogen-bond donors (Lipinski definition) is 8. The molecule has 0 radical (unpaired) electrons. The molecule has 0 bridgehead atoms. The molecular weight excluding hydrogens is 1720 g/mol. The highest BCUT2D eigenvalue weighted by atomic mass is 31.2. The fourth-order valence-electron chi connectivity index (χ4n) is 13.9. The Balaban J connectivity index is 1.55. The second-order valence-corrected chi connectivity index (χ2v) is 31.8. The van der Waals surface area contributed by atoms with Gasteiger partial charge in [-0.15, -0.1) is 0 Å². The molecule has 4 rings (SSSR count). The van der Waals surface area contributed by atoms with Crippen LogP contribution in [-0.2, 0) is 176 Å². The maximum Gasteiger partial charge on any atom is 0.303 e. The second kappa shape index (κ2) is 58.9. The summed E-state index contributed by atoms with van der Waals surface area (Å²) in [6.07, 6.45) is -16.7. The first kappa shape index (κ1) is 111. The van der Waals surface area contributed by atoms with Crippen molar-refractivity contribution in [2.75, 3.05) is 106 Å². The lowest BCUT2D eigenvalue weighted by molar-refractivity contribution is -0.279.